The third-order valence-electron chi connectivity index (χ3n) is 2.40. The Hall–Kier alpha value is -1.24. The zero-order valence-electron chi connectivity index (χ0n) is 9.13. The fraction of sp³-hybridized carbons (Fsp3) is 0.600. The second-order valence-corrected chi connectivity index (χ2v) is 3.52. The fourth-order valence-electron chi connectivity index (χ4n) is 1.55. The minimum atomic E-state index is -0.276. The van der Waals surface area contributed by atoms with E-state index in [-0.39, 0.29) is 18.4 Å². The van der Waals surface area contributed by atoms with Crippen LogP contribution in [0, 0.1) is 0 Å². The minimum Gasteiger partial charge on any atom is -0.395 e. The predicted octanol–water partition coefficient (Wildman–Crippen LogP) is -1.84. The van der Waals surface area contributed by atoms with Gasteiger partial charge in [0.15, 0.2) is 0 Å². The van der Waals surface area contributed by atoms with Gasteiger partial charge in [0, 0.05) is 44.9 Å². The average Bonchev–Trinajstić information content (AvgIpc) is 2.56. The molecule has 1 rings (SSSR count). The summed E-state index contributed by atoms with van der Waals surface area (Å²) in [6.07, 6.45) is 2.53. The number of carbonyl (C=O) groups is 2. The molecule has 0 bridgehead atoms. The number of rotatable bonds is 7. The Bertz CT molecular complexity index is 267. The molecule has 0 atom stereocenters. The van der Waals surface area contributed by atoms with E-state index in [2.05, 4.69) is 0 Å². The summed E-state index contributed by atoms with van der Waals surface area (Å²) >= 11 is 0. The van der Waals surface area contributed by atoms with Crippen molar-refractivity contribution in [1.82, 2.24) is 9.80 Å². The highest BCUT2D eigenvalue weighted by molar-refractivity contribution is 6.12. The predicted molar refractivity (Wildman–Crippen MR) is 58.4 cm³/mol. The van der Waals surface area contributed by atoms with Crippen LogP contribution in [0.1, 0.15) is 0 Å². The molecule has 0 aliphatic carbocycles. The number of nitrogens with two attached hydrogens (primary N) is 1. The number of hydrogen-bond acceptors (Lipinski definition) is 5. The number of hydrogen-bond donors (Lipinski definition) is 2. The summed E-state index contributed by atoms with van der Waals surface area (Å²) in [5, 5.41) is 8.82. The molecule has 1 aliphatic heterocycles. The summed E-state index contributed by atoms with van der Waals surface area (Å²) in [6.45, 7) is 2.55. The molecular weight excluding hydrogens is 210 g/mol. The van der Waals surface area contributed by atoms with Gasteiger partial charge in [0.2, 0.25) is 0 Å². The van der Waals surface area contributed by atoms with Crippen molar-refractivity contribution in [3.63, 3.8) is 0 Å². The van der Waals surface area contributed by atoms with Gasteiger partial charge in [-0.3, -0.25) is 19.4 Å². The van der Waals surface area contributed by atoms with E-state index in [1.54, 1.807) is 0 Å². The lowest BCUT2D eigenvalue weighted by Crippen LogP contribution is -2.41. The third kappa shape index (κ3) is 3.41. The molecule has 90 valence electrons. The summed E-state index contributed by atoms with van der Waals surface area (Å²) in [5.74, 6) is -0.552. The van der Waals surface area contributed by atoms with Crippen LogP contribution in [0.25, 0.3) is 0 Å². The molecule has 0 saturated carbocycles. The highest BCUT2D eigenvalue weighted by Gasteiger charge is 2.23. The summed E-state index contributed by atoms with van der Waals surface area (Å²) < 4.78 is 0. The van der Waals surface area contributed by atoms with E-state index in [1.165, 1.54) is 17.1 Å². The van der Waals surface area contributed by atoms with Gasteiger partial charge in [-0.15, -0.1) is 0 Å². The molecule has 16 heavy (non-hydrogen) atoms. The Kier molecular flexibility index (Phi) is 5.10. The molecule has 1 heterocycles. The average molecular weight is 227 g/mol. The van der Waals surface area contributed by atoms with Crippen LogP contribution in [-0.4, -0.2) is 66.1 Å². The van der Waals surface area contributed by atoms with Crippen LogP contribution in [0.4, 0.5) is 0 Å². The topological polar surface area (TPSA) is 86.9 Å². The molecule has 0 fully saturated rings. The van der Waals surface area contributed by atoms with Crippen LogP contribution in [0.5, 0.6) is 0 Å². The van der Waals surface area contributed by atoms with E-state index in [9.17, 15) is 9.59 Å². The number of aliphatic hydroxyl groups is 1. The number of aliphatic hydroxyl groups excluding tert-OH is 1. The Labute approximate surface area is 94.3 Å². The summed E-state index contributed by atoms with van der Waals surface area (Å²) in [5.41, 5.74) is 5.41. The number of imide groups is 1. The molecule has 0 radical (unpaired) electrons. The van der Waals surface area contributed by atoms with Gasteiger partial charge >= 0.3 is 0 Å². The second-order valence-electron chi connectivity index (χ2n) is 3.52. The zero-order chi connectivity index (χ0) is 12.0. The van der Waals surface area contributed by atoms with E-state index in [4.69, 9.17) is 10.8 Å². The first kappa shape index (κ1) is 12.8. The zero-order valence-corrected chi connectivity index (χ0v) is 9.13. The normalized spacial score (nSPS) is 15.6. The number of amides is 2. The van der Waals surface area contributed by atoms with Gasteiger partial charge in [-0.05, 0) is 0 Å². The van der Waals surface area contributed by atoms with Gasteiger partial charge in [-0.1, -0.05) is 0 Å². The highest BCUT2D eigenvalue weighted by Crippen LogP contribution is 2.03. The lowest BCUT2D eigenvalue weighted by molar-refractivity contribution is -0.137. The lowest BCUT2D eigenvalue weighted by Gasteiger charge is -2.23. The molecule has 2 amide bonds. The minimum absolute atomic E-state index is 0.0418. The SMILES string of the molecule is NCCN(CCO)CCN1C(=O)C=CC1=O. The van der Waals surface area contributed by atoms with Gasteiger partial charge < -0.3 is 10.8 Å². The van der Waals surface area contributed by atoms with Crippen molar-refractivity contribution in [2.75, 3.05) is 39.3 Å². The number of carbonyl (C=O) groups excluding carboxylic acids is 2. The van der Waals surface area contributed by atoms with Crippen molar-refractivity contribution in [3.05, 3.63) is 12.2 Å². The largest absolute Gasteiger partial charge is 0.395 e. The molecule has 6 nitrogen and oxygen atoms in total. The molecule has 3 N–H and O–H groups in total. The quantitative estimate of drug-likeness (QED) is 0.499. The molecule has 0 aromatic heterocycles. The van der Waals surface area contributed by atoms with Gasteiger partial charge in [-0.25, -0.2) is 0 Å². The van der Waals surface area contributed by atoms with Crippen molar-refractivity contribution in [2.45, 2.75) is 0 Å². The Balaban J connectivity index is 2.36. The highest BCUT2D eigenvalue weighted by atomic mass is 16.3. The molecule has 0 saturated heterocycles. The molecule has 0 aromatic rings. The Morgan fingerprint density at radius 1 is 1.19 bits per heavy atom. The Morgan fingerprint density at radius 2 is 1.81 bits per heavy atom. The molecule has 6 heteroatoms. The molecular formula is C10H17N3O3. The summed E-state index contributed by atoms with van der Waals surface area (Å²) in [7, 11) is 0. The van der Waals surface area contributed by atoms with Crippen LogP contribution in [0.2, 0.25) is 0 Å². The van der Waals surface area contributed by atoms with Crippen molar-refractivity contribution >= 4 is 11.8 Å². The van der Waals surface area contributed by atoms with Crippen LogP contribution >= 0.6 is 0 Å². The van der Waals surface area contributed by atoms with E-state index in [0.717, 1.165) is 0 Å². The van der Waals surface area contributed by atoms with Crippen molar-refractivity contribution < 1.29 is 14.7 Å². The number of nitrogens with zero attached hydrogens (tertiary/aromatic N) is 2. The maximum atomic E-state index is 11.2. The maximum absolute atomic E-state index is 11.2. The first-order chi connectivity index (χ1) is 7.69. The second kappa shape index (κ2) is 6.37. The van der Waals surface area contributed by atoms with Crippen LogP contribution < -0.4 is 5.73 Å². The van der Waals surface area contributed by atoms with Gasteiger partial charge in [0.25, 0.3) is 11.8 Å². The van der Waals surface area contributed by atoms with E-state index in [1.807, 2.05) is 4.90 Å². The maximum Gasteiger partial charge on any atom is 0.253 e. The molecule has 0 aromatic carbocycles. The van der Waals surface area contributed by atoms with Gasteiger partial charge in [0.05, 0.1) is 6.61 Å². The van der Waals surface area contributed by atoms with Crippen molar-refractivity contribution in [3.8, 4) is 0 Å². The van der Waals surface area contributed by atoms with Crippen LogP contribution in [-0.2, 0) is 9.59 Å². The smallest absolute Gasteiger partial charge is 0.253 e. The lowest BCUT2D eigenvalue weighted by atomic mass is 10.4. The first-order valence-electron chi connectivity index (χ1n) is 5.26. The van der Waals surface area contributed by atoms with E-state index in [0.29, 0.717) is 32.7 Å². The first-order valence-corrected chi connectivity index (χ1v) is 5.26. The fourth-order valence-corrected chi connectivity index (χ4v) is 1.55. The molecule has 0 spiro atoms. The van der Waals surface area contributed by atoms with Crippen LogP contribution in [0.3, 0.4) is 0 Å². The van der Waals surface area contributed by atoms with Gasteiger partial charge in [-0.2, -0.15) is 0 Å². The monoisotopic (exact) mass is 227 g/mol. The molecule has 0 unspecified atom stereocenters. The third-order valence-corrected chi connectivity index (χ3v) is 2.40. The molecule has 1 aliphatic rings. The standard InChI is InChI=1S/C10H17N3O3/c11-3-4-12(7-8-14)5-6-13-9(15)1-2-10(13)16/h1-2,14H,3-8,11H2. The van der Waals surface area contributed by atoms with Gasteiger partial charge in [0.1, 0.15) is 0 Å². The summed E-state index contributed by atoms with van der Waals surface area (Å²) in [6, 6.07) is 0. The van der Waals surface area contributed by atoms with Crippen molar-refractivity contribution in [2.24, 2.45) is 5.73 Å². The Morgan fingerprint density at radius 3 is 2.31 bits per heavy atom. The summed E-state index contributed by atoms with van der Waals surface area (Å²) in [4.78, 5) is 25.6. The van der Waals surface area contributed by atoms with Crippen molar-refractivity contribution in [1.29, 1.82) is 0 Å². The van der Waals surface area contributed by atoms with Crippen LogP contribution in [0.15, 0.2) is 12.2 Å². The van der Waals surface area contributed by atoms with E-state index < -0.39 is 0 Å². The van der Waals surface area contributed by atoms with E-state index >= 15 is 0 Å².